The standard InChI is InChI=1S/C39H45ClF3N5O2/c1-46(2)23-27-19-29-20-31(40)12-13-36(29)48(24-27)38(50)35(21-30-22-44-34-10-6-4-8-32(30)34)45-37(49)14-11-26-15-17-47(18-16-26)25-28-7-3-5-9-33(28)39(41,42)43/h3-10,12-13,20,22,26-27,35,44H,11,14-19,21,23-25H2,1-2H3,(H,45,49)/t27-,35+/m0/s1. The van der Waals surface area contributed by atoms with E-state index >= 15 is 0 Å². The molecule has 2 amide bonds. The molecule has 0 spiro atoms. The van der Waals surface area contributed by atoms with E-state index in [1.807, 2.05) is 61.6 Å². The molecule has 2 aliphatic rings. The first-order valence-electron chi connectivity index (χ1n) is 17.4. The molecule has 2 N–H and O–H groups in total. The average Bonchev–Trinajstić information content (AvgIpc) is 3.49. The van der Waals surface area contributed by atoms with Crippen molar-refractivity contribution in [3.05, 3.63) is 100 Å². The minimum atomic E-state index is -4.38. The van der Waals surface area contributed by atoms with Crippen LogP contribution < -0.4 is 10.2 Å². The van der Waals surface area contributed by atoms with Crippen LogP contribution in [-0.2, 0) is 35.2 Å². The summed E-state index contributed by atoms with van der Waals surface area (Å²) in [6.07, 6.45) is 1.22. The van der Waals surface area contributed by atoms with Crippen LogP contribution in [0.2, 0.25) is 5.02 Å². The van der Waals surface area contributed by atoms with Crippen LogP contribution in [0.3, 0.4) is 0 Å². The normalized spacial score (nSPS) is 18.0. The van der Waals surface area contributed by atoms with Gasteiger partial charge in [-0.05, 0) is 112 Å². The smallest absolute Gasteiger partial charge is 0.361 e. The fourth-order valence-corrected chi connectivity index (χ4v) is 7.87. The summed E-state index contributed by atoms with van der Waals surface area (Å²) in [5.74, 6) is 0.159. The van der Waals surface area contributed by atoms with Gasteiger partial charge in [-0.15, -0.1) is 0 Å². The Balaban J connectivity index is 1.13. The molecular formula is C39H45ClF3N5O2. The fraction of sp³-hybridized carbons (Fsp3) is 0.436. The number of rotatable bonds is 11. The first kappa shape index (κ1) is 35.9. The summed E-state index contributed by atoms with van der Waals surface area (Å²) in [6.45, 7) is 2.95. The molecule has 6 rings (SSSR count). The number of fused-ring (bicyclic) bond motifs is 2. The van der Waals surface area contributed by atoms with Crippen molar-refractivity contribution in [3.8, 4) is 0 Å². The number of para-hydroxylation sites is 1. The molecule has 1 aromatic heterocycles. The summed E-state index contributed by atoms with van der Waals surface area (Å²) >= 11 is 6.39. The Hall–Kier alpha value is -3.86. The fourth-order valence-electron chi connectivity index (χ4n) is 7.68. The van der Waals surface area contributed by atoms with Gasteiger partial charge in [-0.1, -0.05) is 48.0 Å². The zero-order valence-corrected chi connectivity index (χ0v) is 29.4. The lowest BCUT2D eigenvalue weighted by Gasteiger charge is -2.37. The number of carbonyl (C=O) groups excluding carboxylic acids is 2. The third kappa shape index (κ3) is 8.71. The van der Waals surface area contributed by atoms with E-state index in [1.165, 1.54) is 6.07 Å². The van der Waals surface area contributed by atoms with Gasteiger partial charge < -0.3 is 20.1 Å². The molecule has 7 nitrogen and oxygen atoms in total. The minimum Gasteiger partial charge on any atom is -0.361 e. The van der Waals surface area contributed by atoms with E-state index in [0.717, 1.165) is 59.6 Å². The maximum atomic E-state index is 14.5. The number of nitrogens with one attached hydrogen (secondary N) is 2. The predicted octanol–water partition coefficient (Wildman–Crippen LogP) is 7.33. The molecule has 1 fully saturated rings. The molecule has 0 bridgehead atoms. The topological polar surface area (TPSA) is 71.7 Å². The Bertz CT molecular complexity index is 1800. The number of anilines is 1. The molecule has 2 aliphatic heterocycles. The van der Waals surface area contributed by atoms with E-state index in [4.69, 9.17) is 11.6 Å². The van der Waals surface area contributed by atoms with Crippen molar-refractivity contribution in [1.29, 1.82) is 0 Å². The molecule has 0 unspecified atom stereocenters. The Morgan fingerprint density at radius 2 is 1.74 bits per heavy atom. The highest BCUT2D eigenvalue weighted by atomic mass is 35.5. The summed E-state index contributed by atoms with van der Waals surface area (Å²) in [5.41, 5.74) is 3.48. The maximum absolute atomic E-state index is 14.5. The van der Waals surface area contributed by atoms with Crippen molar-refractivity contribution in [1.82, 2.24) is 20.1 Å². The van der Waals surface area contributed by atoms with Crippen LogP contribution in [0.4, 0.5) is 18.9 Å². The Morgan fingerprint density at radius 3 is 2.50 bits per heavy atom. The van der Waals surface area contributed by atoms with E-state index in [-0.39, 0.29) is 42.2 Å². The second-order valence-corrected chi connectivity index (χ2v) is 14.6. The molecular weight excluding hydrogens is 663 g/mol. The predicted molar refractivity (Wildman–Crippen MR) is 192 cm³/mol. The van der Waals surface area contributed by atoms with Crippen molar-refractivity contribution < 1.29 is 22.8 Å². The lowest BCUT2D eigenvalue weighted by Crippen LogP contribution is -2.53. The van der Waals surface area contributed by atoms with Gasteiger partial charge >= 0.3 is 6.18 Å². The highest BCUT2D eigenvalue weighted by molar-refractivity contribution is 6.30. The van der Waals surface area contributed by atoms with Crippen molar-refractivity contribution >= 4 is 40.0 Å². The molecule has 11 heteroatoms. The Morgan fingerprint density at radius 1 is 1.00 bits per heavy atom. The van der Waals surface area contributed by atoms with Gasteiger partial charge in [0.15, 0.2) is 0 Å². The van der Waals surface area contributed by atoms with Crippen molar-refractivity contribution in [2.45, 2.75) is 57.3 Å². The van der Waals surface area contributed by atoms with Crippen LogP contribution in [0.25, 0.3) is 10.9 Å². The molecule has 0 radical (unpaired) electrons. The first-order valence-corrected chi connectivity index (χ1v) is 17.8. The SMILES string of the molecule is CN(C)C[C@@H]1Cc2cc(Cl)ccc2N(C(=O)[C@@H](Cc2c[nH]c3ccccc23)NC(=O)CCC2CCN(Cc3ccccc3C(F)(F)F)CC2)C1. The zero-order valence-electron chi connectivity index (χ0n) is 28.6. The second kappa shape index (κ2) is 15.6. The largest absolute Gasteiger partial charge is 0.416 e. The number of likely N-dealkylation sites (tertiary alicyclic amines) is 1. The number of H-pyrrole nitrogens is 1. The summed E-state index contributed by atoms with van der Waals surface area (Å²) in [4.78, 5) is 37.4. The summed E-state index contributed by atoms with van der Waals surface area (Å²) in [7, 11) is 4.05. The molecule has 2 atom stereocenters. The van der Waals surface area contributed by atoms with Crippen LogP contribution in [0.5, 0.6) is 0 Å². The van der Waals surface area contributed by atoms with Gasteiger partial charge in [0, 0.05) is 60.3 Å². The van der Waals surface area contributed by atoms with Crippen molar-refractivity contribution in [2.24, 2.45) is 11.8 Å². The van der Waals surface area contributed by atoms with Crippen LogP contribution in [0, 0.1) is 11.8 Å². The van der Waals surface area contributed by atoms with Gasteiger partial charge in [0.05, 0.1) is 5.56 Å². The molecule has 4 aromatic rings. The number of nitrogens with zero attached hydrogens (tertiary/aromatic N) is 3. The van der Waals surface area contributed by atoms with E-state index < -0.39 is 17.8 Å². The van der Waals surface area contributed by atoms with Crippen LogP contribution >= 0.6 is 11.6 Å². The van der Waals surface area contributed by atoms with E-state index in [2.05, 4.69) is 20.1 Å². The first-order chi connectivity index (χ1) is 23.9. The molecule has 3 aromatic carbocycles. The number of aromatic amines is 1. The number of aromatic nitrogens is 1. The maximum Gasteiger partial charge on any atom is 0.416 e. The Labute approximate surface area is 296 Å². The summed E-state index contributed by atoms with van der Waals surface area (Å²) in [6, 6.07) is 18.6. The highest BCUT2D eigenvalue weighted by Crippen LogP contribution is 2.35. The number of alkyl halides is 3. The number of halogens is 4. The van der Waals surface area contributed by atoms with Gasteiger partial charge in [-0.3, -0.25) is 14.5 Å². The number of carbonyl (C=O) groups is 2. The van der Waals surface area contributed by atoms with E-state index in [9.17, 15) is 22.8 Å². The zero-order chi connectivity index (χ0) is 35.4. The third-order valence-corrected chi connectivity index (χ3v) is 10.3. The molecule has 266 valence electrons. The molecule has 1 saturated heterocycles. The summed E-state index contributed by atoms with van der Waals surface area (Å²) < 4.78 is 40.5. The van der Waals surface area contributed by atoms with Crippen molar-refractivity contribution in [3.63, 3.8) is 0 Å². The third-order valence-electron chi connectivity index (χ3n) is 10.1. The van der Waals surface area contributed by atoms with Gasteiger partial charge in [0.1, 0.15) is 6.04 Å². The monoisotopic (exact) mass is 707 g/mol. The van der Waals surface area contributed by atoms with E-state index in [0.29, 0.717) is 37.5 Å². The molecule has 3 heterocycles. The average molecular weight is 708 g/mol. The summed E-state index contributed by atoms with van der Waals surface area (Å²) in [5, 5.41) is 4.76. The quantitative estimate of drug-likeness (QED) is 0.171. The van der Waals surface area contributed by atoms with Crippen LogP contribution in [0.1, 0.15) is 47.9 Å². The number of hydrogen-bond donors (Lipinski definition) is 2. The van der Waals surface area contributed by atoms with Crippen molar-refractivity contribution in [2.75, 3.05) is 45.2 Å². The molecule has 0 saturated carbocycles. The van der Waals surface area contributed by atoms with Gasteiger partial charge in [0.2, 0.25) is 11.8 Å². The lowest BCUT2D eigenvalue weighted by molar-refractivity contribution is -0.138. The van der Waals surface area contributed by atoms with E-state index in [1.54, 1.807) is 18.2 Å². The van der Waals surface area contributed by atoms with Gasteiger partial charge in [-0.2, -0.15) is 13.2 Å². The number of amides is 2. The minimum absolute atomic E-state index is 0.150. The number of hydrogen-bond acceptors (Lipinski definition) is 4. The number of benzene rings is 3. The lowest BCUT2D eigenvalue weighted by atomic mass is 9.90. The van der Waals surface area contributed by atoms with Gasteiger partial charge in [0.25, 0.3) is 0 Å². The van der Waals surface area contributed by atoms with Gasteiger partial charge in [-0.25, -0.2) is 0 Å². The van der Waals surface area contributed by atoms with Crippen LogP contribution in [-0.4, -0.2) is 72.9 Å². The number of piperidine rings is 1. The Kier molecular flexibility index (Phi) is 11.2. The second-order valence-electron chi connectivity index (χ2n) is 14.2. The highest BCUT2D eigenvalue weighted by Gasteiger charge is 2.35. The molecule has 50 heavy (non-hydrogen) atoms. The molecule has 0 aliphatic carbocycles. The van der Waals surface area contributed by atoms with Crippen LogP contribution in [0.15, 0.2) is 72.9 Å².